The van der Waals surface area contributed by atoms with Gasteiger partial charge in [0.1, 0.15) is 0 Å². The summed E-state index contributed by atoms with van der Waals surface area (Å²) >= 11 is 0. The van der Waals surface area contributed by atoms with Gasteiger partial charge in [0.25, 0.3) is 10.1 Å². The topological polar surface area (TPSA) is 127 Å². The maximum absolute atomic E-state index is 10.8. The van der Waals surface area contributed by atoms with Crippen LogP contribution in [-0.4, -0.2) is 66.6 Å². The minimum atomic E-state index is -4.06. The number of carbonyl (C=O) groups is 2. The molecule has 7 nitrogen and oxygen atoms in total. The Hall–Kier alpha value is -0.150. The van der Waals surface area contributed by atoms with Gasteiger partial charge < -0.3 is 11.1 Å². The van der Waals surface area contributed by atoms with Crippen molar-refractivity contribution >= 4 is 51.5 Å². The molecule has 0 saturated carbocycles. The van der Waals surface area contributed by atoms with Crippen LogP contribution < -0.4 is 11.1 Å². The molecule has 0 rings (SSSR count). The Balaban J connectivity index is 0. The van der Waals surface area contributed by atoms with Crippen LogP contribution in [0.2, 0.25) is 0 Å². The van der Waals surface area contributed by atoms with Gasteiger partial charge in [-0.1, -0.05) is 0 Å². The van der Waals surface area contributed by atoms with E-state index in [4.69, 9.17) is 10.3 Å². The Bertz CT molecular complexity index is 315. The number of rotatable bonds is 6. The summed E-state index contributed by atoms with van der Waals surface area (Å²) in [6, 6.07) is 0. The number of hydrogen-bond acceptors (Lipinski definition) is 4. The number of nitrogens with one attached hydrogen (secondary N) is 1. The van der Waals surface area contributed by atoms with Gasteiger partial charge in [0.2, 0.25) is 11.8 Å². The second-order valence-electron chi connectivity index (χ2n) is 2.60. The van der Waals surface area contributed by atoms with Crippen molar-refractivity contribution in [2.24, 2.45) is 5.73 Å². The zero-order valence-corrected chi connectivity index (χ0v) is 8.21. The fourth-order valence-corrected chi connectivity index (χ4v) is 1.00. The van der Waals surface area contributed by atoms with E-state index in [1.165, 1.54) is 0 Å². The van der Waals surface area contributed by atoms with Crippen LogP contribution in [0.4, 0.5) is 0 Å². The molecule has 0 spiro atoms. The molecule has 0 aliphatic carbocycles. The molecule has 0 aromatic rings. The van der Waals surface area contributed by atoms with Crippen LogP contribution in [0.15, 0.2) is 0 Å². The molecular weight excluding hydrogens is 235 g/mol. The van der Waals surface area contributed by atoms with Crippen LogP contribution in [0.5, 0.6) is 0 Å². The number of hydrogen-bond donors (Lipinski definition) is 3. The molecule has 0 atom stereocenters. The van der Waals surface area contributed by atoms with Crippen molar-refractivity contribution in [2.45, 2.75) is 12.8 Å². The van der Waals surface area contributed by atoms with Gasteiger partial charge in [-0.05, 0) is 0 Å². The average molecular weight is 248 g/mol. The van der Waals surface area contributed by atoms with Crippen LogP contribution >= 0.6 is 0 Å². The summed E-state index contributed by atoms with van der Waals surface area (Å²) < 4.78 is 28.7. The Labute approximate surface area is 110 Å². The zero-order valence-electron chi connectivity index (χ0n) is 7.39. The maximum atomic E-state index is 10.8. The summed E-state index contributed by atoms with van der Waals surface area (Å²) in [5, 5.41) is 2.21. The van der Waals surface area contributed by atoms with Gasteiger partial charge in [0, 0.05) is 19.4 Å². The molecule has 0 bridgehead atoms. The van der Waals surface area contributed by atoms with Crippen molar-refractivity contribution in [3.05, 3.63) is 0 Å². The van der Waals surface area contributed by atoms with Crippen LogP contribution in [0.25, 0.3) is 0 Å². The Morgan fingerprint density at radius 3 is 2.20 bits per heavy atom. The molecule has 9 heteroatoms. The third kappa shape index (κ3) is 13.9. The van der Waals surface area contributed by atoms with Crippen molar-refractivity contribution in [1.82, 2.24) is 5.32 Å². The van der Waals surface area contributed by atoms with Gasteiger partial charge >= 0.3 is 29.6 Å². The minimum absolute atomic E-state index is 0. The van der Waals surface area contributed by atoms with Gasteiger partial charge in [0.15, 0.2) is 0 Å². The Morgan fingerprint density at radius 1 is 1.27 bits per heavy atom. The van der Waals surface area contributed by atoms with E-state index in [0.29, 0.717) is 0 Å². The zero-order chi connectivity index (χ0) is 11.2. The normalized spacial score (nSPS) is 10.2. The number of amides is 2. The first-order valence-electron chi connectivity index (χ1n) is 3.81. The molecule has 0 heterocycles. The van der Waals surface area contributed by atoms with Crippen molar-refractivity contribution in [1.29, 1.82) is 0 Å². The molecule has 0 aliphatic rings. The Kier molecular flexibility index (Phi) is 9.26. The third-order valence-corrected chi connectivity index (χ3v) is 2.00. The molecule has 15 heavy (non-hydrogen) atoms. The van der Waals surface area contributed by atoms with E-state index in [1.54, 1.807) is 0 Å². The molecule has 0 aromatic carbocycles. The van der Waals surface area contributed by atoms with E-state index in [0.717, 1.165) is 0 Å². The molecule has 4 N–H and O–H groups in total. The first-order valence-corrected chi connectivity index (χ1v) is 5.42. The van der Waals surface area contributed by atoms with Crippen LogP contribution in [0.3, 0.4) is 0 Å². The molecule has 0 unspecified atom stereocenters. The first-order chi connectivity index (χ1) is 6.31. The molecule has 0 aliphatic heterocycles. The predicted molar refractivity (Wildman–Crippen MR) is 55.0 cm³/mol. The molecular formula is C6H13N2NaO5S. The van der Waals surface area contributed by atoms with Gasteiger partial charge in [-0.25, -0.2) is 0 Å². The molecule has 2 amide bonds. The number of carbonyl (C=O) groups excluding carboxylic acids is 2. The van der Waals surface area contributed by atoms with E-state index in [1.807, 2.05) is 0 Å². The summed E-state index contributed by atoms with van der Waals surface area (Å²) in [5.74, 6) is -1.63. The summed E-state index contributed by atoms with van der Waals surface area (Å²) in [6.07, 6.45) is -0.168. The average Bonchev–Trinajstić information content (AvgIpc) is 1.98. The second kappa shape index (κ2) is 8.05. The fraction of sp³-hybridized carbons (Fsp3) is 0.667. The van der Waals surface area contributed by atoms with E-state index in [9.17, 15) is 18.0 Å². The van der Waals surface area contributed by atoms with Crippen molar-refractivity contribution in [3.8, 4) is 0 Å². The summed E-state index contributed by atoms with van der Waals surface area (Å²) in [5.41, 5.74) is 4.78. The SMILES string of the molecule is NC(=O)CCC(=O)NCCS(=O)(=O)O.[NaH]. The standard InChI is InChI=1S/C6H12N2O5S.Na.H/c7-5(9)1-2-6(10)8-3-4-14(11,12)13;;/h1-4H2,(H2,7,9)(H,8,10)(H,11,12,13);;. The number of primary amides is 1. The van der Waals surface area contributed by atoms with Gasteiger partial charge in [-0.3, -0.25) is 14.1 Å². The van der Waals surface area contributed by atoms with E-state index < -0.39 is 27.7 Å². The van der Waals surface area contributed by atoms with Gasteiger partial charge in [0.05, 0.1) is 5.75 Å². The molecule has 0 fully saturated rings. The predicted octanol–water partition coefficient (Wildman–Crippen LogP) is -2.39. The van der Waals surface area contributed by atoms with Crippen LogP contribution in [-0.2, 0) is 19.7 Å². The third-order valence-electron chi connectivity index (χ3n) is 1.28. The molecule has 0 aromatic heterocycles. The monoisotopic (exact) mass is 248 g/mol. The van der Waals surface area contributed by atoms with E-state index >= 15 is 0 Å². The van der Waals surface area contributed by atoms with Crippen LogP contribution in [0, 0.1) is 0 Å². The molecule has 84 valence electrons. The number of nitrogens with two attached hydrogens (primary N) is 1. The van der Waals surface area contributed by atoms with Crippen molar-refractivity contribution in [3.63, 3.8) is 0 Å². The molecule has 0 radical (unpaired) electrons. The first kappa shape index (κ1) is 17.3. The Morgan fingerprint density at radius 2 is 1.80 bits per heavy atom. The molecule has 0 saturated heterocycles. The van der Waals surface area contributed by atoms with E-state index in [-0.39, 0.29) is 48.9 Å². The quantitative estimate of drug-likeness (QED) is 0.357. The summed E-state index contributed by atoms with van der Waals surface area (Å²) in [6.45, 7) is -0.184. The summed E-state index contributed by atoms with van der Waals surface area (Å²) in [4.78, 5) is 21.1. The van der Waals surface area contributed by atoms with Gasteiger partial charge in [-0.2, -0.15) is 8.42 Å². The van der Waals surface area contributed by atoms with E-state index in [2.05, 4.69) is 5.32 Å². The fourth-order valence-electron chi connectivity index (χ4n) is 0.645. The second-order valence-corrected chi connectivity index (χ2v) is 4.17. The summed E-state index contributed by atoms with van der Waals surface area (Å²) in [7, 11) is -4.06. The van der Waals surface area contributed by atoms with Crippen molar-refractivity contribution in [2.75, 3.05) is 12.3 Å². The van der Waals surface area contributed by atoms with Crippen molar-refractivity contribution < 1.29 is 22.6 Å². The van der Waals surface area contributed by atoms with Crippen LogP contribution in [0.1, 0.15) is 12.8 Å². The van der Waals surface area contributed by atoms with Gasteiger partial charge in [-0.15, -0.1) is 0 Å².